The first kappa shape index (κ1) is 9.48. The van der Waals surface area contributed by atoms with Crippen LogP contribution in [-0.2, 0) is 4.79 Å². The van der Waals surface area contributed by atoms with E-state index in [-0.39, 0.29) is 12.0 Å². The van der Waals surface area contributed by atoms with Crippen LogP contribution in [0.5, 0.6) is 0 Å². The Labute approximate surface area is 72.6 Å². The van der Waals surface area contributed by atoms with E-state index in [0.29, 0.717) is 19.6 Å². The van der Waals surface area contributed by atoms with E-state index in [1.54, 1.807) is 4.90 Å². The number of aliphatic hydroxyl groups is 1. The van der Waals surface area contributed by atoms with Crippen molar-refractivity contribution in [1.29, 1.82) is 0 Å². The number of aliphatic hydroxyl groups excluding tert-OH is 1. The Morgan fingerprint density at radius 1 is 1.75 bits per heavy atom. The molecule has 2 N–H and O–H groups in total. The van der Waals surface area contributed by atoms with Crippen molar-refractivity contribution >= 4 is 5.91 Å². The van der Waals surface area contributed by atoms with Crippen molar-refractivity contribution in [2.75, 3.05) is 26.2 Å². The molecule has 0 aromatic heterocycles. The van der Waals surface area contributed by atoms with Crippen LogP contribution in [-0.4, -0.2) is 48.2 Å². The van der Waals surface area contributed by atoms with Gasteiger partial charge in [0.1, 0.15) is 0 Å². The molecular formula is C8H16N2O2. The van der Waals surface area contributed by atoms with Gasteiger partial charge in [-0.25, -0.2) is 0 Å². The quantitative estimate of drug-likeness (QED) is 0.585. The normalized spacial score (nSPS) is 23.2. The predicted molar refractivity (Wildman–Crippen MR) is 45.7 cm³/mol. The molecule has 0 aromatic carbocycles. The molecule has 0 bridgehead atoms. The van der Waals surface area contributed by atoms with Crippen LogP contribution in [0.25, 0.3) is 0 Å². The third-order valence-electron chi connectivity index (χ3n) is 2.04. The summed E-state index contributed by atoms with van der Waals surface area (Å²) < 4.78 is 0. The zero-order chi connectivity index (χ0) is 8.97. The molecule has 70 valence electrons. The Balaban J connectivity index is 2.23. The summed E-state index contributed by atoms with van der Waals surface area (Å²) >= 11 is 0. The molecule has 0 radical (unpaired) electrons. The van der Waals surface area contributed by atoms with Gasteiger partial charge in [-0.3, -0.25) is 4.79 Å². The zero-order valence-electron chi connectivity index (χ0n) is 7.42. The second-order valence-corrected chi connectivity index (χ2v) is 3.06. The number of amides is 1. The van der Waals surface area contributed by atoms with Gasteiger partial charge in [0.05, 0.1) is 12.6 Å². The molecule has 0 unspecified atom stereocenters. The van der Waals surface area contributed by atoms with Crippen LogP contribution >= 0.6 is 0 Å². The van der Waals surface area contributed by atoms with E-state index in [1.165, 1.54) is 0 Å². The molecule has 0 spiro atoms. The fourth-order valence-corrected chi connectivity index (χ4v) is 1.31. The summed E-state index contributed by atoms with van der Waals surface area (Å²) in [6.07, 6.45) is 0.410. The number of nitrogens with zero attached hydrogens (tertiary/aromatic N) is 1. The Morgan fingerprint density at radius 3 is 3.00 bits per heavy atom. The highest BCUT2D eigenvalue weighted by molar-refractivity contribution is 5.78. The molecule has 12 heavy (non-hydrogen) atoms. The third kappa shape index (κ3) is 2.46. The number of likely N-dealkylation sites (N-methyl/N-ethyl adjacent to an activating group) is 1. The van der Waals surface area contributed by atoms with Crippen LogP contribution in [0.15, 0.2) is 0 Å². The van der Waals surface area contributed by atoms with E-state index in [1.807, 2.05) is 6.92 Å². The van der Waals surface area contributed by atoms with Gasteiger partial charge in [0.15, 0.2) is 0 Å². The van der Waals surface area contributed by atoms with Crippen molar-refractivity contribution in [2.45, 2.75) is 19.4 Å². The van der Waals surface area contributed by atoms with E-state index in [4.69, 9.17) is 5.11 Å². The Kier molecular flexibility index (Phi) is 3.49. The van der Waals surface area contributed by atoms with Crippen molar-refractivity contribution in [1.82, 2.24) is 10.2 Å². The lowest BCUT2D eigenvalue weighted by Crippen LogP contribution is -2.37. The number of likely N-dealkylation sites (tertiary alicyclic amines) is 1. The zero-order valence-corrected chi connectivity index (χ0v) is 7.42. The largest absolute Gasteiger partial charge is 0.391 e. The Hall–Kier alpha value is -0.610. The smallest absolute Gasteiger partial charge is 0.236 e. The van der Waals surface area contributed by atoms with Gasteiger partial charge in [-0.15, -0.1) is 0 Å². The second-order valence-electron chi connectivity index (χ2n) is 3.06. The lowest BCUT2D eigenvalue weighted by atomic mass is 10.3. The highest BCUT2D eigenvalue weighted by Gasteiger charge is 2.23. The average molecular weight is 172 g/mol. The number of β-amino-alcohol motifs (C(OH)–C–C–N with tert-alkyl or cyclic N) is 1. The van der Waals surface area contributed by atoms with Gasteiger partial charge in [-0.05, 0) is 13.0 Å². The van der Waals surface area contributed by atoms with Crippen LogP contribution in [0.2, 0.25) is 0 Å². The van der Waals surface area contributed by atoms with E-state index >= 15 is 0 Å². The molecule has 1 heterocycles. The average Bonchev–Trinajstić information content (AvgIpc) is 2.47. The molecule has 0 aromatic rings. The van der Waals surface area contributed by atoms with Gasteiger partial charge < -0.3 is 15.3 Å². The first-order valence-corrected chi connectivity index (χ1v) is 4.40. The molecule has 1 fully saturated rings. The fourth-order valence-electron chi connectivity index (χ4n) is 1.31. The van der Waals surface area contributed by atoms with Crippen molar-refractivity contribution < 1.29 is 9.90 Å². The summed E-state index contributed by atoms with van der Waals surface area (Å²) in [7, 11) is 0. The number of carbonyl (C=O) groups excluding carboxylic acids is 1. The maximum Gasteiger partial charge on any atom is 0.236 e. The molecule has 1 aliphatic heterocycles. The third-order valence-corrected chi connectivity index (χ3v) is 2.04. The maximum absolute atomic E-state index is 11.3. The van der Waals surface area contributed by atoms with Crippen LogP contribution in [0.3, 0.4) is 0 Å². The monoisotopic (exact) mass is 172 g/mol. The molecule has 1 aliphatic rings. The molecular weight excluding hydrogens is 156 g/mol. The van der Waals surface area contributed by atoms with E-state index in [2.05, 4.69) is 5.32 Å². The van der Waals surface area contributed by atoms with Crippen molar-refractivity contribution in [3.63, 3.8) is 0 Å². The van der Waals surface area contributed by atoms with Crippen molar-refractivity contribution in [3.8, 4) is 0 Å². The lowest BCUT2D eigenvalue weighted by Gasteiger charge is -2.15. The van der Waals surface area contributed by atoms with Gasteiger partial charge >= 0.3 is 0 Å². The predicted octanol–water partition coefficient (Wildman–Crippen LogP) is -0.811. The number of hydrogen-bond donors (Lipinski definition) is 2. The standard InChI is InChI=1S/C8H16N2O2/c1-2-9-5-8(12)10-4-3-7(11)6-10/h7,9,11H,2-6H2,1H3/t7-/m0/s1. The van der Waals surface area contributed by atoms with Crippen molar-refractivity contribution in [2.24, 2.45) is 0 Å². The molecule has 1 amide bonds. The second kappa shape index (κ2) is 4.42. The van der Waals surface area contributed by atoms with Crippen LogP contribution in [0.1, 0.15) is 13.3 Å². The van der Waals surface area contributed by atoms with Gasteiger partial charge in [0.25, 0.3) is 0 Å². The fraction of sp³-hybridized carbons (Fsp3) is 0.875. The minimum Gasteiger partial charge on any atom is -0.391 e. The minimum absolute atomic E-state index is 0.0911. The van der Waals surface area contributed by atoms with Crippen LogP contribution < -0.4 is 5.32 Å². The minimum atomic E-state index is -0.310. The number of carbonyl (C=O) groups is 1. The summed E-state index contributed by atoms with van der Waals surface area (Å²) in [5.41, 5.74) is 0. The Bertz CT molecular complexity index is 161. The molecule has 0 saturated carbocycles. The van der Waals surface area contributed by atoms with Gasteiger partial charge in [0, 0.05) is 13.1 Å². The van der Waals surface area contributed by atoms with Crippen LogP contribution in [0.4, 0.5) is 0 Å². The highest BCUT2D eigenvalue weighted by atomic mass is 16.3. The Morgan fingerprint density at radius 2 is 2.50 bits per heavy atom. The molecule has 0 aliphatic carbocycles. The lowest BCUT2D eigenvalue weighted by molar-refractivity contribution is -0.129. The van der Waals surface area contributed by atoms with Gasteiger partial charge in [-0.2, -0.15) is 0 Å². The molecule has 1 rings (SSSR count). The first-order valence-electron chi connectivity index (χ1n) is 4.40. The van der Waals surface area contributed by atoms with E-state index < -0.39 is 0 Å². The summed E-state index contributed by atoms with van der Waals surface area (Å²) in [5.74, 6) is 0.0911. The number of nitrogens with one attached hydrogen (secondary N) is 1. The first-order chi connectivity index (χ1) is 5.74. The summed E-state index contributed by atoms with van der Waals surface area (Å²) in [5, 5.41) is 12.1. The number of hydrogen-bond acceptors (Lipinski definition) is 3. The van der Waals surface area contributed by atoms with E-state index in [9.17, 15) is 4.79 Å². The SMILES string of the molecule is CCNCC(=O)N1CC[C@H](O)C1. The van der Waals surface area contributed by atoms with Crippen molar-refractivity contribution in [3.05, 3.63) is 0 Å². The summed E-state index contributed by atoms with van der Waals surface area (Å²) in [6.45, 7) is 4.37. The molecule has 4 heteroatoms. The molecule has 1 atom stereocenters. The maximum atomic E-state index is 11.3. The van der Waals surface area contributed by atoms with Gasteiger partial charge in [0.2, 0.25) is 5.91 Å². The van der Waals surface area contributed by atoms with Gasteiger partial charge in [-0.1, -0.05) is 6.92 Å². The summed E-state index contributed by atoms with van der Waals surface area (Å²) in [6, 6.07) is 0. The molecule has 4 nitrogen and oxygen atoms in total. The number of rotatable bonds is 3. The highest BCUT2D eigenvalue weighted by Crippen LogP contribution is 2.07. The molecule has 1 saturated heterocycles. The topological polar surface area (TPSA) is 52.6 Å². The van der Waals surface area contributed by atoms with E-state index in [0.717, 1.165) is 13.0 Å². The summed E-state index contributed by atoms with van der Waals surface area (Å²) in [4.78, 5) is 13.0. The van der Waals surface area contributed by atoms with Crippen LogP contribution in [0, 0.1) is 0 Å².